The molecule has 0 unspecified atom stereocenters. The largest absolute Gasteiger partial charge is 0.496 e. The van der Waals surface area contributed by atoms with Gasteiger partial charge in [0.15, 0.2) is 11.6 Å². The molecule has 1 saturated heterocycles. The zero-order valence-corrected chi connectivity index (χ0v) is 24.5. The van der Waals surface area contributed by atoms with Crippen LogP contribution >= 0.6 is 0 Å². The van der Waals surface area contributed by atoms with Crippen molar-refractivity contribution in [2.45, 2.75) is 30.8 Å². The molecule has 7 nitrogen and oxygen atoms in total. The lowest BCUT2D eigenvalue weighted by molar-refractivity contribution is -0.122. The maximum atomic E-state index is 15.1. The summed E-state index contributed by atoms with van der Waals surface area (Å²) in [6.45, 7) is 2.52. The van der Waals surface area contributed by atoms with Gasteiger partial charge in [0, 0.05) is 17.5 Å². The molecule has 220 valence electrons. The molecule has 0 bridgehead atoms. The Labute approximate surface area is 256 Å². The summed E-state index contributed by atoms with van der Waals surface area (Å²) < 4.78 is 11.5. The highest BCUT2D eigenvalue weighted by atomic mass is 16.5. The number of Topliss-reactive ketones (excluding diaryl/α,β-unsaturated/α-hetero) is 2. The molecule has 0 saturated carbocycles. The average molecular weight is 585 g/mol. The Hall–Kier alpha value is -5.17. The molecule has 0 aromatic heterocycles. The number of fused-ring (bicyclic) bond motifs is 6. The summed E-state index contributed by atoms with van der Waals surface area (Å²) in [6, 6.07) is 27.8. The minimum absolute atomic E-state index is 0.290. The van der Waals surface area contributed by atoms with E-state index in [1.165, 1.54) is 7.11 Å². The molecule has 7 rings (SSSR count). The maximum absolute atomic E-state index is 15.1. The van der Waals surface area contributed by atoms with Gasteiger partial charge in [-0.15, -0.1) is 0 Å². The van der Waals surface area contributed by atoms with Crippen molar-refractivity contribution >= 4 is 29.2 Å². The maximum Gasteiger partial charge on any atom is 0.238 e. The van der Waals surface area contributed by atoms with E-state index in [-0.39, 0.29) is 17.5 Å². The van der Waals surface area contributed by atoms with Gasteiger partial charge in [-0.1, -0.05) is 73.7 Å². The normalized spacial score (nSPS) is 22.6. The predicted molar refractivity (Wildman–Crippen MR) is 168 cm³/mol. The Morgan fingerprint density at radius 3 is 2.52 bits per heavy atom. The third-order valence-electron chi connectivity index (χ3n) is 9.09. The van der Waals surface area contributed by atoms with E-state index >= 15 is 4.79 Å². The highest BCUT2D eigenvalue weighted by Crippen LogP contribution is 2.62. The third-order valence-corrected chi connectivity index (χ3v) is 9.09. The van der Waals surface area contributed by atoms with Crippen LogP contribution in [0.2, 0.25) is 0 Å². The first-order valence-electron chi connectivity index (χ1n) is 14.9. The summed E-state index contributed by atoms with van der Waals surface area (Å²) in [7, 11) is 1.52. The lowest BCUT2D eigenvalue weighted by atomic mass is 9.62. The lowest BCUT2D eigenvalue weighted by Crippen LogP contribution is -2.49. The molecule has 1 fully saturated rings. The van der Waals surface area contributed by atoms with E-state index in [1.807, 2.05) is 78.7 Å². The molecular weight excluding hydrogens is 552 g/mol. The standard InChI is InChI=1S/C37H32N2O5/c1-3-21-44-25-13-10-12-24(22-25)33(40)31-32(34(41)27-15-6-9-18-30(27)43-2)39-20-19-23-11-4-5-14-26(23)35(39)37(31)28-16-7-8-17-29(28)38-36(37)42/h4-20,22,31-32,35H,3,21H2,1-2H3,(H,38,42)/t31-,32+,35-,37-/m1/s1. The summed E-state index contributed by atoms with van der Waals surface area (Å²) in [5.41, 5.74) is 2.51. The summed E-state index contributed by atoms with van der Waals surface area (Å²) in [5.74, 6) is -0.989. The van der Waals surface area contributed by atoms with E-state index in [0.717, 1.165) is 17.5 Å². The van der Waals surface area contributed by atoms with Crippen LogP contribution in [-0.4, -0.2) is 42.1 Å². The number of ether oxygens (including phenoxy) is 2. The van der Waals surface area contributed by atoms with Crippen LogP contribution < -0.4 is 14.8 Å². The Morgan fingerprint density at radius 1 is 0.909 bits per heavy atom. The average Bonchev–Trinajstić information content (AvgIpc) is 3.55. The number of benzene rings is 4. The van der Waals surface area contributed by atoms with E-state index in [4.69, 9.17) is 9.47 Å². The second-order valence-electron chi connectivity index (χ2n) is 11.4. The minimum atomic E-state index is -1.41. The zero-order chi connectivity index (χ0) is 30.4. The number of methoxy groups -OCH3 is 1. The van der Waals surface area contributed by atoms with Crippen molar-refractivity contribution in [3.63, 3.8) is 0 Å². The lowest BCUT2D eigenvalue weighted by Gasteiger charge is -2.38. The van der Waals surface area contributed by atoms with Crippen LogP contribution in [0.25, 0.3) is 6.08 Å². The van der Waals surface area contributed by atoms with Crippen LogP contribution in [0.15, 0.2) is 103 Å². The first-order valence-corrected chi connectivity index (χ1v) is 14.9. The van der Waals surface area contributed by atoms with Gasteiger partial charge in [0.25, 0.3) is 0 Å². The van der Waals surface area contributed by atoms with Gasteiger partial charge in [-0.25, -0.2) is 0 Å². The molecule has 1 amide bonds. The third kappa shape index (κ3) is 3.99. The number of para-hydroxylation sites is 2. The van der Waals surface area contributed by atoms with Gasteiger partial charge in [-0.3, -0.25) is 14.4 Å². The van der Waals surface area contributed by atoms with E-state index < -0.39 is 23.4 Å². The fourth-order valence-corrected chi connectivity index (χ4v) is 7.31. The Balaban J connectivity index is 1.51. The summed E-state index contributed by atoms with van der Waals surface area (Å²) in [4.78, 5) is 46.5. The molecule has 3 aliphatic rings. The van der Waals surface area contributed by atoms with E-state index in [0.29, 0.717) is 40.5 Å². The molecule has 3 heterocycles. The monoisotopic (exact) mass is 584 g/mol. The number of rotatable bonds is 8. The molecule has 0 aliphatic carbocycles. The number of carbonyl (C=O) groups is 3. The molecule has 3 aliphatic heterocycles. The van der Waals surface area contributed by atoms with Gasteiger partial charge >= 0.3 is 0 Å². The molecule has 4 aromatic carbocycles. The highest BCUT2D eigenvalue weighted by Gasteiger charge is 2.70. The summed E-state index contributed by atoms with van der Waals surface area (Å²) >= 11 is 0. The van der Waals surface area contributed by atoms with Crippen LogP contribution in [0.4, 0.5) is 5.69 Å². The Kier molecular flexibility index (Phi) is 6.81. The van der Waals surface area contributed by atoms with Gasteiger partial charge < -0.3 is 19.7 Å². The van der Waals surface area contributed by atoms with Crippen molar-refractivity contribution in [2.24, 2.45) is 5.92 Å². The SMILES string of the molecule is CCCOc1cccc(C(=O)[C@H]2[C@@H](C(=O)c3ccccc3OC)N3C=Cc4ccccc4[C@@H]3[C@]23C(=O)Nc2ccccc23)c1. The molecule has 7 heteroatoms. The summed E-state index contributed by atoms with van der Waals surface area (Å²) in [6.07, 6.45) is 4.64. The van der Waals surface area contributed by atoms with Gasteiger partial charge in [0.05, 0.1) is 31.2 Å². The van der Waals surface area contributed by atoms with Crippen molar-refractivity contribution in [1.29, 1.82) is 0 Å². The number of anilines is 1. The molecule has 44 heavy (non-hydrogen) atoms. The molecule has 1 spiro atoms. The van der Waals surface area contributed by atoms with Crippen LogP contribution in [-0.2, 0) is 10.2 Å². The summed E-state index contributed by atoms with van der Waals surface area (Å²) in [5, 5.41) is 3.09. The van der Waals surface area contributed by atoms with E-state index in [9.17, 15) is 9.59 Å². The Morgan fingerprint density at radius 2 is 1.68 bits per heavy atom. The van der Waals surface area contributed by atoms with Crippen molar-refractivity contribution in [3.8, 4) is 11.5 Å². The van der Waals surface area contributed by atoms with Crippen LogP contribution in [0.1, 0.15) is 56.8 Å². The number of hydrogen-bond acceptors (Lipinski definition) is 6. The topological polar surface area (TPSA) is 84.9 Å². The van der Waals surface area contributed by atoms with Crippen molar-refractivity contribution < 1.29 is 23.9 Å². The van der Waals surface area contributed by atoms with Crippen LogP contribution in [0.3, 0.4) is 0 Å². The number of nitrogens with one attached hydrogen (secondary N) is 1. The fraction of sp³-hybridized carbons (Fsp3) is 0.216. The van der Waals surface area contributed by atoms with Crippen LogP contribution in [0.5, 0.6) is 11.5 Å². The van der Waals surface area contributed by atoms with Crippen molar-refractivity contribution in [2.75, 3.05) is 19.0 Å². The first-order chi connectivity index (χ1) is 21.5. The smallest absolute Gasteiger partial charge is 0.238 e. The van der Waals surface area contributed by atoms with E-state index in [2.05, 4.69) is 5.32 Å². The molecule has 4 aromatic rings. The van der Waals surface area contributed by atoms with Gasteiger partial charge in [0.2, 0.25) is 5.91 Å². The van der Waals surface area contributed by atoms with Gasteiger partial charge in [-0.05, 0) is 59.5 Å². The molecule has 0 radical (unpaired) electrons. The first kappa shape index (κ1) is 27.7. The number of nitrogens with zero attached hydrogens (tertiary/aromatic N) is 1. The number of carbonyl (C=O) groups excluding carboxylic acids is 3. The van der Waals surface area contributed by atoms with E-state index in [1.54, 1.807) is 42.5 Å². The Bertz CT molecular complexity index is 1830. The number of hydrogen-bond donors (Lipinski definition) is 1. The van der Waals surface area contributed by atoms with Crippen LogP contribution in [0, 0.1) is 5.92 Å². The minimum Gasteiger partial charge on any atom is -0.496 e. The molecule has 1 N–H and O–H groups in total. The zero-order valence-electron chi connectivity index (χ0n) is 24.5. The number of ketones is 2. The quantitative estimate of drug-likeness (QED) is 0.239. The van der Waals surface area contributed by atoms with Crippen molar-refractivity contribution in [1.82, 2.24) is 4.90 Å². The number of amides is 1. The van der Waals surface area contributed by atoms with Gasteiger partial charge in [-0.2, -0.15) is 0 Å². The second kappa shape index (κ2) is 10.8. The highest BCUT2D eigenvalue weighted by molar-refractivity contribution is 6.17. The predicted octanol–water partition coefficient (Wildman–Crippen LogP) is 6.47. The fourth-order valence-electron chi connectivity index (χ4n) is 7.31. The van der Waals surface area contributed by atoms with Crippen molar-refractivity contribution in [3.05, 3.63) is 131 Å². The molecular formula is C37H32N2O5. The van der Waals surface area contributed by atoms with Gasteiger partial charge in [0.1, 0.15) is 23.0 Å². The second-order valence-corrected chi connectivity index (χ2v) is 11.4. The molecule has 4 atom stereocenters.